The fraction of sp³-hybridized carbons (Fsp3) is 0.438. The first kappa shape index (κ1) is 15.3. The molecule has 0 unspecified atom stereocenters. The van der Waals surface area contributed by atoms with Crippen molar-refractivity contribution in [1.29, 1.82) is 0 Å². The fourth-order valence-electron chi connectivity index (χ4n) is 1.93. The van der Waals surface area contributed by atoms with E-state index in [2.05, 4.69) is 42.7 Å². The Labute approximate surface area is 115 Å². The van der Waals surface area contributed by atoms with Crippen LogP contribution in [-0.2, 0) is 9.53 Å². The number of hydrogen-bond acceptors (Lipinski definition) is 3. The second-order valence-electron chi connectivity index (χ2n) is 4.62. The number of carbonyl (C=O) groups is 1. The van der Waals surface area contributed by atoms with E-state index >= 15 is 0 Å². The van der Waals surface area contributed by atoms with Crippen molar-refractivity contribution in [2.45, 2.75) is 26.7 Å². The fourth-order valence-corrected chi connectivity index (χ4v) is 1.93. The van der Waals surface area contributed by atoms with Crippen molar-refractivity contribution in [3.05, 3.63) is 42.5 Å². The summed E-state index contributed by atoms with van der Waals surface area (Å²) in [4.78, 5) is 12.9. The summed E-state index contributed by atoms with van der Waals surface area (Å²) in [5, 5.41) is 0. The topological polar surface area (TPSA) is 29.5 Å². The molecule has 1 rings (SSSR count). The Hall–Kier alpha value is -1.77. The number of unbranched alkanes of at least 4 members (excludes halogenated alkanes) is 1. The molecule has 0 aliphatic carbocycles. The van der Waals surface area contributed by atoms with E-state index in [1.54, 1.807) is 0 Å². The molecule has 0 radical (unpaired) electrons. The smallest absolute Gasteiger partial charge is 0.302 e. The van der Waals surface area contributed by atoms with Crippen molar-refractivity contribution in [3.8, 4) is 0 Å². The summed E-state index contributed by atoms with van der Waals surface area (Å²) in [7, 11) is 0. The Bertz CT molecular complexity index is 415. The lowest BCUT2D eigenvalue weighted by molar-refractivity contribution is -0.141. The molecule has 3 heteroatoms. The molecule has 0 heterocycles. The summed E-state index contributed by atoms with van der Waals surface area (Å²) in [6, 6.07) is 8.45. The molecule has 0 saturated carbocycles. The van der Waals surface area contributed by atoms with Gasteiger partial charge in [-0.25, -0.2) is 0 Å². The lowest BCUT2D eigenvalue weighted by Crippen LogP contribution is -2.24. The Morgan fingerprint density at radius 3 is 2.84 bits per heavy atom. The number of carbonyl (C=O) groups excluding carboxylic acids is 1. The maximum atomic E-state index is 10.7. The van der Waals surface area contributed by atoms with E-state index in [1.165, 1.54) is 18.2 Å². The van der Waals surface area contributed by atoms with Gasteiger partial charge >= 0.3 is 5.97 Å². The van der Waals surface area contributed by atoms with E-state index in [4.69, 9.17) is 4.74 Å². The number of rotatable bonds is 8. The monoisotopic (exact) mass is 261 g/mol. The summed E-state index contributed by atoms with van der Waals surface area (Å²) in [6.07, 6.45) is 3.79. The van der Waals surface area contributed by atoms with Gasteiger partial charge in [0.2, 0.25) is 0 Å². The van der Waals surface area contributed by atoms with Crippen LogP contribution in [-0.4, -0.2) is 25.7 Å². The van der Waals surface area contributed by atoms with Crippen molar-refractivity contribution < 1.29 is 9.53 Å². The minimum Gasteiger partial charge on any atom is -0.466 e. The molecule has 0 aliphatic heterocycles. The molecular weight excluding hydrogens is 238 g/mol. The number of anilines is 1. The van der Waals surface area contributed by atoms with E-state index in [0.29, 0.717) is 6.61 Å². The van der Waals surface area contributed by atoms with Crippen LogP contribution in [0.1, 0.15) is 25.3 Å². The van der Waals surface area contributed by atoms with Gasteiger partial charge in [-0.05, 0) is 37.5 Å². The molecule has 3 nitrogen and oxygen atoms in total. The van der Waals surface area contributed by atoms with Crippen LogP contribution < -0.4 is 4.90 Å². The molecular formula is C16H23NO2. The molecule has 0 fully saturated rings. The first-order valence-electron chi connectivity index (χ1n) is 6.69. The molecule has 0 spiro atoms. The maximum absolute atomic E-state index is 10.7. The van der Waals surface area contributed by atoms with Gasteiger partial charge in [0.15, 0.2) is 0 Å². The van der Waals surface area contributed by atoms with Crippen molar-refractivity contribution >= 4 is 11.7 Å². The van der Waals surface area contributed by atoms with Crippen LogP contribution in [0.4, 0.5) is 5.69 Å². The number of ether oxygens (including phenoxy) is 1. The zero-order valence-electron chi connectivity index (χ0n) is 11.9. The number of esters is 1. The average molecular weight is 261 g/mol. The maximum Gasteiger partial charge on any atom is 0.302 e. The predicted molar refractivity (Wildman–Crippen MR) is 79.5 cm³/mol. The van der Waals surface area contributed by atoms with Crippen LogP contribution in [0.2, 0.25) is 0 Å². The highest BCUT2D eigenvalue weighted by Crippen LogP contribution is 2.16. The normalized spacial score (nSPS) is 10.0. The summed E-state index contributed by atoms with van der Waals surface area (Å²) < 4.78 is 4.93. The number of nitrogens with zero attached hydrogens (tertiary/aromatic N) is 1. The van der Waals surface area contributed by atoms with E-state index in [-0.39, 0.29) is 5.97 Å². The summed E-state index contributed by atoms with van der Waals surface area (Å²) in [5.41, 5.74) is 2.47. The van der Waals surface area contributed by atoms with Gasteiger partial charge in [-0.1, -0.05) is 18.2 Å². The van der Waals surface area contributed by atoms with Gasteiger partial charge in [-0.3, -0.25) is 4.79 Å². The van der Waals surface area contributed by atoms with Crippen molar-refractivity contribution in [2.24, 2.45) is 0 Å². The zero-order chi connectivity index (χ0) is 14.1. The Kier molecular flexibility index (Phi) is 6.72. The highest BCUT2D eigenvalue weighted by Gasteiger charge is 2.04. The SMILES string of the molecule is C=CCN(CCCCOC(C)=O)c1cccc(C)c1. The predicted octanol–water partition coefficient (Wildman–Crippen LogP) is 3.33. The summed E-state index contributed by atoms with van der Waals surface area (Å²) >= 11 is 0. The van der Waals surface area contributed by atoms with Crippen LogP contribution in [0.25, 0.3) is 0 Å². The van der Waals surface area contributed by atoms with E-state index in [0.717, 1.165) is 25.9 Å². The third-order valence-electron chi connectivity index (χ3n) is 2.84. The Balaban J connectivity index is 2.44. The van der Waals surface area contributed by atoms with Crippen LogP contribution >= 0.6 is 0 Å². The second kappa shape index (κ2) is 8.35. The van der Waals surface area contributed by atoms with Gasteiger partial charge in [0, 0.05) is 25.7 Å². The Morgan fingerprint density at radius 2 is 2.21 bits per heavy atom. The number of benzene rings is 1. The lowest BCUT2D eigenvalue weighted by atomic mass is 10.2. The molecule has 0 aliphatic rings. The third kappa shape index (κ3) is 6.09. The van der Waals surface area contributed by atoms with Gasteiger partial charge in [0.1, 0.15) is 0 Å². The highest BCUT2D eigenvalue weighted by atomic mass is 16.5. The molecule has 104 valence electrons. The van der Waals surface area contributed by atoms with Crippen LogP contribution in [0.15, 0.2) is 36.9 Å². The Morgan fingerprint density at radius 1 is 1.42 bits per heavy atom. The summed E-state index contributed by atoms with van der Waals surface area (Å²) in [5.74, 6) is -0.207. The van der Waals surface area contributed by atoms with E-state index < -0.39 is 0 Å². The molecule has 0 bridgehead atoms. The number of aryl methyl sites for hydroxylation is 1. The van der Waals surface area contributed by atoms with Gasteiger partial charge in [0.25, 0.3) is 0 Å². The molecule has 0 aromatic heterocycles. The minimum absolute atomic E-state index is 0.207. The average Bonchev–Trinajstić information content (AvgIpc) is 2.36. The van der Waals surface area contributed by atoms with Gasteiger partial charge < -0.3 is 9.64 Å². The van der Waals surface area contributed by atoms with Gasteiger partial charge in [0.05, 0.1) is 6.61 Å². The summed E-state index contributed by atoms with van der Waals surface area (Å²) in [6.45, 7) is 9.62. The second-order valence-corrected chi connectivity index (χ2v) is 4.62. The minimum atomic E-state index is -0.207. The van der Waals surface area contributed by atoms with Crippen LogP contribution in [0.5, 0.6) is 0 Å². The van der Waals surface area contributed by atoms with Crippen LogP contribution in [0, 0.1) is 6.92 Å². The van der Waals surface area contributed by atoms with Crippen molar-refractivity contribution in [2.75, 3.05) is 24.6 Å². The third-order valence-corrected chi connectivity index (χ3v) is 2.84. The molecule has 19 heavy (non-hydrogen) atoms. The van der Waals surface area contributed by atoms with E-state index in [1.807, 2.05) is 6.08 Å². The molecule has 1 aromatic rings. The molecule has 0 N–H and O–H groups in total. The highest BCUT2D eigenvalue weighted by molar-refractivity contribution is 5.65. The molecule has 0 atom stereocenters. The van der Waals surface area contributed by atoms with E-state index in [9.17, 15) is 4.79 Å². The van der Waals surface area contributed by atoms with Crippen LogP contribution in [0.3, 0.4) is 0 Å². The van der Waals surface area contributed by atoms with Gasteiger partial charge in [-0.2, -0.15) is 0 Å². The van der Waals surface area contributed by atoms with Crippen molar-refractivity contribution in [3.63, 3.8) is 0 Å². The van der Waals surface area contributed by atoms with Crippen molar-refractivity contribution in [1.82, 2.24) is 0 Å². The number of hydrogen-bond donors (Lipinski definition) is 0. The first-order chi connectivity index (χ1) is 9.13. The zero-order valence-corrected chi connectivity index (χ0v) is 11.9. The molecule has 1 aromatic carbocycles. The quantitative estimate of drug-likeness (QED) is 0.408. The first-order valence-corrected chi connectivity index (χ1v) is 6.69. The standard InChI is InChI=1S/C16H23NO2/c1-4-10-17(11-5-6-12-19-15(3)18)16-9-7-8-14(2)13-16/h4,7-9,13H,1,5-6,10-12H2,2-3H3. The lowest BCUT2D eigenvalue weighted by Gasteiger charge is -2.23. The largest absolute Gasteiger partial charge is 0.466 e. The molecule has 0 saturated heterocycles. The van der Waals surface area contributed by atoms with Gasteiger partial charge in [-0.15, -0.1) is 6.58 Å². The molecule has 0 amide bonds.